The number of nitrogens with zero attached hydrogens (tertiary/aromatic N) is 3. The number of halogens is 2. The molecule has 1 atom stereocenters. The first-order valence-electron chi connectivity index (χ1n) is 8.69. The molecule has 2 aromatic rings. The number of hydrogen-bond donors (Lipinski definition) is 0. The maximum Gasteiger partial charge on any atom is 0.241 e. The average Bonchev–Trinajstić information content (AvgIpc) is 3.03. The number of hydrogen-bond acceptors (Lipinski definition) is 4. The lowest BCUT2D eigenvalue weighted by atomic mass is 9.94. The van der Waals surface area contributed by atoms with Crippen LogP contribution in [0.1, 0.15) is 38.0 Å². The Morgan fingerprint density at radius 2 is 1.83 bits per heavy atom. The SMILES string of the molecule is C.CC(=O)N1Cc2ccccc2C2(C1)SC(c1cc(F)ccc1F)=NN2C(C)=O. The molecular weight excluding hydrogens is 396 g/mol. The van der Waals surface area contributed by atoms with E-state index in [2.05, 4.69) is 5.10 Å². The Hall–Kier alpha value is -2.74. The third kappa shape index (κ3) is 3.42. The largest absolute Gasteiger partial charge is 0.335 e. The van der Waals surface area contributed by atoms with Gasteiger partial charge >= 0.3 is 0 Å². The first-order valence-corrected chi connectivity index (χ1v) is 9.51. The van der Waals surface area contributed by atoms with Gasteiger partial charge in [-0.1, -0.05) is 43.5 Å². The summed E-state index contributed by atoms with van der Waals surface area (Å²) in [4.78, 5) is 25.2. The Labute approximate surface area is 172 Å². The molecule has 4 rings (SSSR count). The molecule has 8 heteroatoms. The highest BCUT2D eigenvalue weighted by Gasteiger charge is 2.52. The summed E-state index contributed by atoms with van der Waals surface area (Å²) in [7, 11) is 0. The molecule has 0 aliphatic carbocycles. The molecular formula is C21H21F2N3O2S. The molecule has 0 saturated heterocycles. The van der Waals surface area contributed by atoms with E-state index < -0.39 is 16.5 Å². The summed E-state index contributed by atoms with van der Waals surface area (Å²) in [6.45, 7) is 3.45. The van der Waals surface area contributed by atoms with E-state index in [-0.39, 0.29) is 36.4 Å². The van der Waals surface area contributed by atoms with Crippen LogP contribution in [0.3, 0.4) is 0 Å². The second kappa shape index (κ2) is 7.59. The van der Waals surface area contributed by atoms with Crippen molar-refractivity contribution in [3.05, 3.63) is 70.8 Å². The van der Waals surface area contributed by atoms with Crippen LogP contribution in [0.4, 0.5) is 8.78 Å². The zero-order valence-electron chi connectivity index (χ0n) is 15.3. The van der Waals surface area contributed by atoms with Gasteiger partial charge in [-0.2, -0.15) is 5.10 Å². The van der Waals surface area contributed by atoms with Gasteiger partial charge in [0.2, 0.25) is 11.8 Å². The molecule has 2 amide bonds. The maximum atomic E-state index is 14.4. The van der Waals surface area contributed by atoms with Crippen molar-refractivity contribution >= 4 is 28.6 Å². The zero-order valence-corrected chi connectivity index (χ0v) is 16.1. The normalized spacial score (nSPS) is 20.2. The summed E-state index contributed by atoms with van der Waals surface area (Å²) in [5, 5.41) is 5.83. The Morgan fingerprint density at radius 1 is 1.10 bits per heavy atom. The van der Waals surface area contributed by atoms with Crippen LogP contribution in [-0.2, 0) is 21.0 Å². The molecule has 2 aromatic carbocycles. The van der Waals surface area contributed by atoms with Crippen molar-refractivity contribution in [2.45, 2.75) is 32.7 Å². The van der Waals surface area contributed by atoms with Gasteiger partial charge in [-0.15, -0.1) is 0 Å². The van der Waals surface area contributed by atoms with E-state index in [0.717, 1.165) is 41.1 Å². The lowest BCUT2D eigenvalue weighted by molar-refractivity contribution is -0.138. The average molecular weight is 417 g/mol. The Bertz CT molecular complexity index is 1030. The Morgan fingerprint density at radius 3 is 2.52 bits per heavy atom. The van der Waals surface area contributed by atoms with E-state index in [1.54, 1.807) is 4.90 Å². The standard InChI is InChI=1S/C20H17F2N3O2S.CH4/c1-12(26)24-10-14-5-3-4-6-17(14)20(11-24)25(13(2)27)23-19(28-20)16-9-15(21)7-8-18(16)22;/h3-9H,10-11H2,1-2H3;1H4. The summed E-state index contributed by atoms with van der Waals surface area (Å²) in [6.07, 6.45) is 0. The number of carbonyl (C=O) groups is 2. The summed E-state index contributed by atoms with van der Waals surface area (Å²) in [5.74, 6) is -1.70. The van der Waals surface area contributed by atoms with Gasteiger partial charge in [0.25, 0.3) is 0 Å². The lowest BCUT2D eigenvalue weighted by Crippen LogP contribution is -2.53. The molecule has 29 heavy (non-hydrogen) atoms. The predicted octanol–water partition coefficient (Wildman–Crippen LogP) is 4.07. The Balaban J connectivity index is 0.00000240. The van der Waals surface area contributed by atoms with Crippen LogP contribution in [0.5, 0.6) is 0 Å². The molecule has 0 radical (unpaired) electrons. The second-order valence-electron chi connectivity index (χ2n) is 6.78. The zero-order chi connectivity index (χ0) is 20.1. The number of benzene rings is 2. The molecule has 0 aromatic heterocycles. The number of amides is 2. The van der Waals surface area contributed by atoms with Gasteiger partial charge in [-0.25, -0.2) is 13.8 Å². The van der Waals surface area contributed by atoms with Gasteiger partial charge in [0.05, 0.1) is 6.54 Å². The van der Waals surface area contributed by atoms with Gasteiger partial charge in [0.1, 0.15) is 16.7 Å². The van der Waals surface area contributed by atoms with E-state index in [9.17, 15) is 18.4 Å². The molecule has 1 spiro atoms. The number of rotatable bonds is 1. The lowest BCUT2D eigenvalue weighted by Gasteiger charge is -2.44. The molecule has 2 aliphatic heterocycles. The minimum atomic E-state index is -1.03. The topological polar surface area (TPSA) is 53.0 Å². The van der Waals surface area contributed by atoms with Crippen LogP contribution in [-0.4, -0.2) is 33.3 Å². The van der Waals surface area contributed by atoms with Crippen molar-refractivity contribution in [1.29, 1.82) is 0 Å². The summed E-state index contributed by atoms with van der Waals surface area (Å²) >= 11 is 1.16. The quantitative estimate of drug-likeness (QED) is 0.703. The van der Waals surface area contributed by atoms with Crippen molar-refractivity contribution in [2.75, 3.05) is 6.54 Å². The van der Waals surface area contributed by atoms with Crippen molar-refractivity contribution in [3.63, 3.8) is 0 Å². The number of hydrazone groups is 1. The smallest absolute Gasteiger partial charge is 0.241 e. The summed E-state index contributed by atoms with van der Waals surface area (Å²) in [6, 6.07) is 10.6. The molecule has 0 fully saturated rings. The number of thioether (sulfide) groups is 1. The molecule has 5 nitrogen and oxygen atoms in total. The van der Waals surface area contributed by atoms with Crippen molar-refractivity contribution in [3.8, 4) is 0 Å². The molecule has 2 heterocycles. The van der Waals surface area contributed by atoms with Gasteiger partial charge < -0.3 is 4.90 Å². The fraction of sp³-hybridized carbons (Fsp3) is 0.286. The van der Waals surface area contributed by atoms with Crippen LogP contribution in [0.2, 0.25) is 0 Å². The molecule has 1 unspecified atom stereocenters. The highest BCUT2D eigenvalue weighted by atomic mass is 32.2. The summed E-state index contributed by atoms with van der Waals surface area (Å²) < 4.78 is 28.1. The van der Waals surface area contributed by atoms with Crippen LogP contribution in [0.25, 0.3) is 0 Å². The Kier molecular flexibility index (Phi) is 5.49. The minimum absolute atomic E-state index is 0. The van der Waals surface area contributed by atoms with Gasteiger partial charge in [-0.3, -0.25) is 9.59 Å². The van der Waals surface area contributed by atoms with E-state index in [0.29, 0.717) is 6.54 Å². The minimum Gasteiger partial charge on any atom is -0.335 e. The van der Waals surface area contributed by atoms with E-state index >= 15 is 0 Å². The molecule has 2 aliphatic rings. The molecule has 152 valence electrons. The van der Waals surface area contributed by atoms with Crippen molar-refractivity contribution < 1.29 is 18.4 Å². The highest BCUT2D eigenvalue weighted by molar-refractivity contribution is 8.15. The monoisotopic (exact) mass is 417 g/mol. The number of fused-ring (bicyclic) bond motifs is 2. The van der Waals surface area contributed by atoms with Crippen LogP contribution < -0.4 is 0 Å². The van der Waals surface area contributed by atoms with Crippen molar-refractivity contribution in [2.24, 2.45) is 5.10 Å². The fourth-order valence-electron chi connectivity index (χ4n) is 3.63. The molecule has 0 saturated carbocycles. The van der Waals surface area contributed by atoms with Crippen LogP contribution in [0, 0.1) is 11.6 Å². The third-order valence-electron chi connectivity index (χ3n) is 4.91. The summed E-state index contributed by atoms with van der Waals surface area (Å²) in [5.41, 5.74) is 1.72. The highest BCUT2D eigenvalue weighted by Crippen LogP contribution is 2.51. The van der Waals surface area contributed by atoms with Crippen LogP contribution >= 0.6 is 11.8 Å². The predicted molar refractivity (Wildman–Crippen MR) is 109 cm³/mol. The van der Waals surface area contributed by atoms with E-state index in [1.165, 1.54) is 18.9 Å². The first-order chi connectivity index (χ1) is 13.3. The number of carbonyl (C=O) groups excluding carboxylic acids is 2. The van der Waals surface area contributed by atoms with Crippen LogP contribution in [0.15, 0.2) is 47.6 Å². The second-order valence-corrected chi connectivity index (χ2v) is 8.05. The fourth-order valence-corrected chi connectivity index (χ4v) is 5.12. The van der Waals surface area contributed by atoms with Crippen molar-refractivity contribution in [1.82, 2.24) is 9.91 Å². The third-order valence-corrected chi connectivity index (χ3v) is 6.26. The van der Waals surface area contributed by atoms with E-state index in [4.69, 9.17) is 0 Å². The van der Waals surface area contributed by atoms with E-state index in [1.807, 2.05) is 24.3 Å². The van der Waals surface area contributed by atoms with Gasteiger partial charge in [0, 0.05) is 26.0 Å². The molecule has 0 bridgehead atoms. The van der Waals surface area contributed by atoms with Gasteiger partial charge in [-0.05, 0) is 29.3 Å². The first kappa shape index (κ1) is 21.0. The maximum absolute atomic E-state index is 14.4. The van der Waals surface area contributed by atoms with Gasteiger partial charge in [0.15, 0.2) is 4.87 Å². The molecule has 0 N–H and O–H groups in total.